The van der Waals surface area contributed by atoms with E-state index >= 15 is 0 Å². The van der Waals surface area contributed by atoms with Gasteiger partial charge in [0.15, 0.2) is 5.78 Å². The van der Waals surface area contributed by atoms with Crippen LogP contribution in [0.2, 0.25) is 0 Å². The summed E-state index contributed by atoms with van der Waals surface area (Å²) in [6.07, 6.45) is 6.39. The smallest absolute Gasteiger partial charge is 0.179 e. The summed E-state index contributed by atoms with van der Waals surface area (Å²) in [4.78, 5) is 14.8. The van der Waals surface area contributed by atoms with Gasteiger partial charge in [0.05, 0.1) is 6.04 Å². The number of hydrogen-bond donors (Lipinski definition) is 0. The lowest BCUT2D eigenvalue weighted by atomic mass is 10.0. The summed E-state index contributed by atoms with van der Waals surface area (Å²) < 4.78 is 1.02. The minimum atomic E-state index is -0.000671. The van der Waals surface area contributed by atoms with E-state index in [0.717, 1.165) is 23.1 Å². The van der Waals surface area contributed by atoms with Crippen molar-refractivity contribution in [2.45, 2.75) is 45.1 Å². The Hall–Kier alpha value is -0.670. The fourth-order valence-electron chi connectivity index (χ4n) is 2.68. The Morgan fingerprint density at radius 1 is 1.05 bits per heavy atom. The van der Waals surface area contributed by atoms with Crippen LogP contribution in [0.4, 0.5) is 0 Å². The lowest BCUT2D eigenvalue weighted by molar-refractivity contribution is 0.0826. The van der Waals surface area contributed by atoms with Crippen LogP contribution < -0.4 is 0 Å². The summed E-state index contributed by atoms with van der Waals surface area (Å²) in [7, 11) is 0. The molecular formula is C16H22BrNO. The predicted octanol–water partition coefficient (Wildman–Crippen LogP) is 4.29. The molecule has 1 aliphatic heterocycles. The van der Waals surface area contributed by atoms with Crippen LogP contribution in [-0.4, -0.2) is 29.8 Å². The maximum absolute atomic E-state index is 12.5. The summed E-state index contributed by atoms with van der Waals surface area (Å²) in [5.74, 6) is 0.244. The molecule has 3 heteroatoms. The van der Waals surface area contributed by atoms with Gasteiger partial charge in [-0.05, 0) is 45.0 Å². The molecule has 104 valence electrons. The molecule has 2 nitrogen and oxygen atoms in total. The SMILES string of the molecule is CC(C(=O)c1ccc(Br)cc1)N1CCCCCCC1. The fraction of sp³-hybridized carbons (Fsp3) is 0.562. The molecule has 0 saturated carbocycles. The van der Waals surface area contributed by atoms with E-state index in [1.165, 1.54) is 32.1 Å². The zero-order valence-electron chi connectivity index (χ0n) is 11.6. The van der Waals surface area contributed by atoms with Crippen LogP contribution in [0.1, 0.15) is 49.4 Å². The Kier molecular flexibility index (Phi) is 5.59. The molecule has 1 aromatic carbocycles. The van der Waals surface area contributed by atoms with E-state index in [-0.39, 0.29) is 11.8 Å². The predicted molar refractivity (Wildman–Crippen MR) is 82.6 cm³/mol. The first kappa shape index (κ1) is 14.7. The molecule has 1 saturated heterocycles. The molecule has 1 heterocycles. The molecule has 0 aromatic heterocycles. The van der Waals surface area contributed by atoms with E-state index in [1.807, 2.05) is 31.2 Å². The Balaban J connectivity index is 2.02. The summed E-state index contributed by atoms with van der Waals surface area (Å²) in [5.41, 5.74) is 0.817. The van der Waals surface area contributed by atoms with Crippen molar-refractivity contribution in [3.05, 3.63) is 34.3 Å². The number of halogens is 1. The zero-order chi connectivity index (χ0) is 13.7. The third kappa shape index (κ3) is 4.15. The fourth-order valence-corrected chi connectivity index (χ4v) is 2.94. The van der Waals surface area contributed by atoms with Gasteiger partial charge in [-0.15, -0.1) is 0 Å². The maximum atomic E-state index is 12.5. The van der Waals surface area contributed by atoms with Crippen molar-refractivity contribution in [1.29, 1.82) is 0 Å². The van der Waals surface area contributed by atoms with Crippen LogP contribution in [-0.2, 0) is 0 Å². The highest BCUT2D eigenvalue weighted by molar-refractivity contribution is 9.10. The monoisotopic (exact) mass is 323 g/mol. The Bertz CT molecular complexity index is 407. The van der Waals surface area contributed by atoms with Crippen molar-refractivity contribution in [1.82, 2.24) is 4.90 Å². The number of carbonyl (C=O) groups is 1. The van der Waals surface area contributed by atoms with E-state index in [9.17, 15) is 4.79 Å². The molecule has 0 N–H and O–H groups in total. The van der Waals surface area contributed by atoms with E-state index in [4.69, 9.17) is 0 Å². The second-order valence-corrected chi connectivity index (χ2v) is 6.27. The Morgan fingerprint density at radius 2 is 1.58 bits per heavy atom. The third-order valence-electron chi connectivity index (χ3n) is 3.95. The van der Waals surface area contributed by atoms with Crippen molar-refractivity contribution >= 4 is 21.7 Å². The van der Waals surface area contributed by atoms with Crippen LogP contribution in [0, 0.1) is 0 Å². The van der Waals surface area contributed by atoms with Gasteiger partial charge in [0, 0.05) is 10.0 Å². The second-order valence-electron chi connectivity index (χ2n) is 5.35. The molecule has 0 amide bonds. The van der Waals surface area contributed by atoms with Crippen LogP contribution >= 0.6 is 15.9 Å². The zero-order valence-corrected chi connectivity index (χ0v) is 13.2. The first-order valence-corrected chi connectivity index (χ1v) is 8.01. The molecule has 1 aromatic rings. The van der Waals surface area contributed by atoms with E-state index < -0.39 is 0 Å². The van der Waals surface area contributed by atoms with Gasteiger partial charge in [0.1, 0.15) is 0 Å². The number of hydrogen-bond acceptors (Lipinski definition) is 2. The van der Waals surface area contributed by atoms with Crippen molar-refractivity contribution in [3.63, 3.8) is 0 Å². The molecule has 0 bridgehead atoms. The van der Waals surface area contributed by atoms with Gasteiger partial charge in [-0.25, -0.2) is 0 Å². The minimum Gasteiger partial charge on any atom is -0.294 e. The number of nitrogens with zero attached hydrogens (tertiary/aromatic N) is 1. The van der Waals surface area contributed by atoms with Gasteiger partial charge in [-0.2, -0.15) is 0 Å². The van der Waals surface area contributed by atoms with Gasteiger partial charge < -0.3 is 0 Å². The van der Waals surface area contributed by atoms with E-state index in [0.29, 0.717) is 0 Å². The largest absolute Gasteiger partial charge is 0.294 e. The highest BCUT2D eigenvalue weighted by Crippen LogP contribution is 2.17. The van der Waals surface area contributed by atoms with Crippen LogP contribution in [0.3, 0.4) is 0 Å². The molecular weight excluding hydrogens is 302 g/mol. The van der Waals surface area contributed by atoms with Crippen LogP contribution in [0.25, 0.3) is 0 Å². The highest BCUT2D eigenvalue weighted by Gasteiger charge is 2.22. The van der Waals surface area contributed by atoms with Gasteiger partial charge in [0.25, 0.3) is 0 Å². The normalized spacial score (nSPS) is 19.5. The molecule has 2 rings (SSSR count). The molecule has 19 heavy (non-hydrogen) atoms. The number of carbonyl (C=O) groups excluding carboxylic acids is 1. The number of likely N-dealkylation sites (tertiary alicyclic amines) is 1. The quantitative estimate of drug-likeness (QED) is 0.773. The average Bonchev–Trinajstić information content (AvgIpc) is 2.38. The molecule has 0 spiro atoms. The highest BCUT2D eigenvalue weighted by atomic mass is 79.9. The van der Waals surface area contributed by atoms with Crippen molar-refractivity contribution in [3.8, 4) is 0 Å². The molecule has 0 radical (unpaired) electrons. The van der Waals surface area contributed by atoms with Crippen molar-refractivity contribution < 1.29 is 4.79 Å². The number of benzene rings is 1. The first-order valence-electron chi connectivity index (χ1n) is 7.22. The Morgan fingerprint density at radius 3 is 2.16 bits per heavy atom. The lowest BCUT2D eigenvalue weighted by Crippen LogP contribution is -2.40. The van der Waals surface area contributed by atoms with E-state index in [2.05, 4.69) is 20.8 Å². The Labute approximate surface area is 124 Å². The summed E-state index contributed by atoms with van der Waals surface area (Å²) in [5, 5.41) is 0. The van der Waals surface area contributed by atoms with Crippen LogP contribution in [0.5, 0.6) is 0 Å². The van der Waals surface area contributed by atoms with Crippen molar-refractivity contribution in [2.24, 2.45) is 0 Å². The summed E-state index contributed by atoms with van der Waals surface area (Å²) >= 11 is 3.41. The minimum absolute atomic E-state index is 0.000671. The molecule has 1 aliphatic rings. The van der Waals surface area contributed by atoms with Gasteiger partial charge in [-0.1, -0.05) is 47.3 Å². The number of ketones is 1. The average molecular weight is 324 g/mol. The van der Waals surface area contributed by atoms with E-state index in [1.54, 1.807) is 0 Å². The third-order valence-corrected chi connectivity index (χ3v) is 4.48. The first-order chi connectivity index (χ1) is 9.18. The summed E-state index contributed by atoms with van der Waals surface area (Å²) in [6.45, 7) is 4.17. The summed E-state index contributed by atoms with van der Waals surface area (Å²) in [6, 6.07) is 7.69. The van der Waals surface area contributed by atoms with Gasteiger partial charge >= 0.3 is 0 Å². The molecule has 1 atom stereocenters. The number of rotatable bonds is 3. The maximum Gasteiger partial charge on any atom is 0.179 e. The molecule has 0 aliphatic carbocycles. The molecule has 1 fully saturated rings. The van der Waals surface area contributed by atoms with Crippen molar-refractivity contribution in [2.75, 3.05) is 13.1 Å². The van der Waals surface area contributed by atoms with Gasteiger partial charge in [-0.3, -0.25) is 9.69 Å². The second kappa shape index (κ2) is 7.20. The molecule has 1 unspecified atom stereocenters. The number of Topliss-reactive ketones (excluding diaryl/α,β-unsaturated/α-hetero) is 1. The van der Waals surface area contributed by atoms with Gasteiger partial charge in [0.2, 0.25) is 0 Å². The topological polar surface area (TPSA) is 20.3 Å². The van der Waals surface area contributed by atoms with Crippen LogP contribution in [0.15, 0.2) is 28.7 Å². The lowest BCUT2D eigenvalue weighted by Gasteiger charge is -2.29. The standard InChI is InChI=1S/C16H22BrNO/c1-13(18-11-5-3-2-4-6-12-18)16(19)14-7-9-15(17)10-8-14/h7-10,13H,2-6,11-12H2,1H3.